The van der Waals surface area contributed by atoms with Crippen molar-refractivity contribution in [1.82, 2.24) is 5.32 Å². The Kier molecular flexibility index (Phi) is 4.66. The van der Waals surface area contributed by atoms with Crippen molar-refractivity contribution in [3.8, 4) is 0 Å². The number of sulfone groups is 1. The molecule has 3 fully saturated rings. The minimum absolute atomic E-state index is 0.0135. The topological polar surface area (TPSA) is 70.0 Å². The van der Waals surface area contributed by atoms with Gasteiger partial charge >= 0.3 is 0 Å². The normalized spacial score (nSPS) is 28.8. The molecule has 3 aliphatic rings. The molecule has 1 atom stereocenters. The zero-order chi connectivity index (χ0) is 21.2. The van der Waals surface area contributed by atoms with E-state index in [1.807, 2.05) is 13.0 Å². The predicted molar refractivity (Wildman–Crippen MR) is 124 cm³/mol. The van der Waals surface area contributed by atoms with Crippen LogP contribution in [0.5, 0.6) is 0 Å². The van der Waals surface area contributed by atoms with Crippen LogP contribution in [0.2, 0.25) is 5.02 Å². The molecule has 0 unspecified atom stereocenters. The summed E-state index contributed by atoms with van der Waals surface area (Å²) in [7, 11) is -3.42. The van der Waals surface area contributed by atoms with Gasteiger partial charge in [0.1, 0.15) is 10.6 Å². The van der Waals surface area contributed by atoms with Gasteiger partial charge in [0.05, 0.1) is 16.3 Å². The predicted octanol–water partition coefficient (Wildman–Crippen LogP) is 5.39. The molecule has 1 saturated heterocycles. The molecule has 0 bridgehead atoms. The van der Waals surface area contributed by atoms with Gasteiger partial charge in [-0.1, -0.05) is 54.8 Å². The Labute approximate surface area is 187 Å². The van der Waals surface area contributed by atoms with Crippen LogP contribution >= 0.6 is 22.9 Å². The molecule has 2 aromatic rings. The number of rotatable bonds is 3. The average molecular weight is 463 g/mol. The summed E-state index contributed by atoms with van der Waals surface area (Å²) in [5.41, 5.74) is 0.385. The second-order valence-electron chi connectivity index (χ2n) is 9.38. The van der Waals surface area contributed by atoms with E-state index < -0.39 is 20.1 Å². The smallest absolute Gasteiger partial charge is 0.165 e. The van der Waals surface area contributed by atoms with Crippen LogP contribution in [0.25, 0.3) is 0 Å². The molecule has 4 nitrogen and oxygen atoms in total. The first kappa shape index (κ1) is 20.5. The second-order valence-corrected chi connectivity index (χ2v) is 13.1. The van der Waals surface area contributed by atoms with Crippen LogP contribution in [0, 0.1) is 5.41 Å². The van der Waals surface area contributed by atoms with Crippen LogP contribution in [0.3, 0.4) is 0 Å². The summed E-state index contributed by atoms with van der Waals surface area (Å²) in [4.78, 5) is 2.05. The molecule has 5 rings (SSSR count). The highest BCUT2D eigenvalue weighted by Crippen LogP contribution is 2.53. The van der Waals surface area contributed by atoms with E-state index in [9.17, 15) is 8.42 Å². The van der Waals surface area contributed by atoms with E-state index in [1.165, 1.54) is 23.3 Å². The van der Waals surface area contributed by atoms with Crippen LogP contribution in [-0.4, -0.2) is 24.8 Å². The van der Waals surface area contributed by atoms with E-state index in [0.717, 1.165) is 24.1 Å². The Morgan fingerprint density at radius 2 is 1.73 bits per heavy atom. The maximum absolute atomic E-state index is 13.2. The molecule has 160 valence electrons. The van der Waals surface area contributed by atoms with Crippen molar-refractivity contribution in [2.75, 3.05) is 5.75 Å². The van der Waals surface area contributed by atoms with Crippen LogP contribution in [0.15, 0.2) is 36.4 Å². The first-order valence-electron chi connectivity index (χ1n) is 10.7. The number of nitrogens with one attached hydrogen (secondary N) is 2. The molecule has 1 aliphatic heterocycles. The average Bonchev–Trinajstić information content (AvgIpc) is 3.27. The summed E-state index contributed by atoms with van der Waals surface area (Å²) >= 11 is 8.39. The Bertz CT molecular complexity index is 1100. The van der Waals surface area contributed by atoms with Crippen molar-refractivity contribution < 1.29 is 8.42 Å². The number of thiophene rings is 1. The fourth-order valence-electron chi connectivity index (χ4n) is 5.67. The largest absolute Gasteiger partial charge is 0.362 e. The molecule has 30 heavy (non-hydrogen) atoms. The highest BCUT2D eigenvalue weighted by molar-refractivity contribution is 7.93. The van der Waals surface area contributed by atoms with Gasteiger partial charge < -0.3 is 5.32 Å². The van der Waals surface area contributed by atoms with Crippen molar-refractivity contribution >= 4 is 38.6 Å². The SMILES string of the molecule is C[C@@]1(c2sc(C3(c4ccccc4)CCCC3)cc2Cl)CS(=O)(=O)C2(CCC2)C(=N)N1. The van der Waals surface area contributed by atoms with Gasteiger partial charge in [0, 0.05) is 15.2 Å². The van der Waals surface area contributed by atoms with Gasteiger partial charge in [0.15, 0.2) is 9.84 Å². The zero-order valence-corrected chi connectivity index (χ0v) is 19.5. The molecule has 2 heterocycles. The van der Waals surface area contributed by atoms with Crippen molar-refractivity contribution in [1.29, 1.82) is 5.41 Å². The molecule has 1 aromatic carbocycles. The Morgan fingerprint density at radius 3 is 2.30 bits per heavy atom. The van der Waals surface area contributed by atoms with E-state index in [1.54, 1.807) is 11.3 Å². The van der Waals surface area contributed by atoms with Gasteiger partial charge in [0.25, 0.3) is 0 Å². The van der Waals surface area contributed by atoms with Gasteiger partial charge in [-0.15, -0.1) is 11.3 Å². The summed E-state index contributed by atoms with van der Waals surface area (Å²) in [6.45, 7) is 1.88. The van der Waals surface area contributed by atoms with Crippen molar-refractivity contribution in [3.63, 3.8) is 0 Å². The number of benzene rings is 1. The molecule has 1 spiro atoms. The number of hydrogen-bond acceptors (Lipinski definition) is 4. The molecular weight excluding hydrogens is 436 g/mol. The van der Waals surface area contributed by atoms with Gasteiger partial charge in [-0.3, -0.25) is 5.41 Å². The molecular formula is C23H27ClN2O2S2. The third kappa shape index (κ3) is 2.76. The highest BCUT2D eigenvalue weighted by atomic mass is 35.5. The van der Waals surface area contributed by atoms with Gasteiger partial charge in [-0.25, -0.2) is 8.42 Å². The lowest BCUT2D eigenvalue weighted by molar-refractivity contribution is 0.363. The van der Waals surface area contributed by atoms with Crippen molar-refractivity contribution in [3.05, 3.63) is 56.7 Å². The molecule has 1 aromatic heterocycles. The van der Waals surface area contributed by atoms with Gasteiger partial charge in [0.2, 0.25) is 0 Å². The van der Waals surface area contributed by atoms with Crippen LogP contribution in [0.1, 0.15) is 67.2 Å². The summed E-state index contributed by atoms with van der Waals surface area (Å²) in [5, 5.41) is 12.4. The first-order valence-corrected chi connectivity index (χ1v) is 13.5. The Morgan fingerprint density at radius 1 is 1.07 bits per heavy atom. The minimum atomic E-state index is -3.42. The van der Waals surface area contributed by atoms with Crippen LogP contribution in [-0.2, 0) is 20.8 Å². The minimum Gasteiger partial charge on any atom is -0.362 e. The molecule has 2 aliphatic carbocycles. The van der Waals surface area contributed by atoms with E-state index >= 15 is 0 Å². The summed E-state index contributed by atoms with van der Waals surface area (Å²) in [5.74, 6) is 0.132. The van der Waals surface area contributed by atoms with Crippen molar-refractivity contribution in [2.24, 2.45) is 0 Å². The Balaban J connectivity index is 1.57. The van der Waals surface area contributed by atoms with E-state index in [2.05, 4.69) is 35.6 Å². The number of hydrogen-bond donors (Lipinski definition) is 2. The molecule has 2 N–H and O–H groups in total. The fraction of sp³-hybridized carbons (Fsp3) is 0.522. The third-order valence-electron chi connectivity index (χ3n) is 7.53. The second kappa shape index (κ2) is 6.81. The van der Waals surface area contributed by atoms with Crippen LogP contribution in [0.4, 0.5) is 0 Å². The first-order chi connectivity index (χ1) is 14.2. The van der Waals surface area contributed by atoms with E-state index in [-0.39, 0.29) is 17.0 Å². The Hall–Kier alpha value is -1.37. The maximum atomic E-state index is 13.2. The molecule has 7 heteroatoms. The quantitative estimate of drug-likeness (QED) is 0.641. The highest BCUT2D eigenvalue weighted by Gasteiger charge is 2.59. The monoisotopic (exact) mass is 462 g/mol. The van der Waals surface area contributed by atoms with Crippen LogP contribution < -0.4 is 5.32 Å². The molecule has 0 amide bonds. The van der Waals surface area contributed by atoms with Gasteiger partial charge in [-0.05, 0) is 50.7 Å². The molecule has 2 saturated carbocycles. The number of amidine groups is 1. The number of halogens is 1. The fourth-order valence-corrected chi connectivity index (χ4v) is 10.2. The lowest BCUT2D eigenvalue weighted by atomic mass is 9.77. The summed E-state index contributed by atoms with van der Waals surface area (Å²) < 4.78 is 25.5. The lowest BCUT2D eigenvalue weighted by Crippen LogP contribution is -2.68. The standard InChI is InChI=1S/C23H27ClN2O2S2/c1-21(15-30(27,28)23(12-7-13-23)20(25)26-21)19-17(24)14-18(29-19)22(10-5-6-11-22)16-8-3-2-4-9-16/h2-4,8-9,14H,5-7,10-13,15H2,1H3,(H2,25,26)/t21-/m0/s1. The summed E-state index contributed by atoms with van der Waals surface area (Å²) in [6.07, 6.45) is 6.48. The van der Waals surface area contributed by atoms with E-state index in [0.29, 0.717) is 17.9 Å². The van der Waals surface area contributed by atoms with E-state index in [4.69, 9.17) is 17.0 Å². The van der Waals surface area contributed by atoms with Crippen molar-refractivity contribution in [2.45, 2.75) is 67.6 Å². The lowest BCUT2D eigenvalue weighted by Gasteiger charge is -2.50. The third-order valence-corrected chi connectivity index (χ3v) is 12.3. The summed E-state index contributed by atoms with van der Waals surface area (Å²) in [6, 6.07) is 12.7. The zero-order valence-electron chi connectivity index (χ0n) is 17.1. The molecule has 0 radical (unpaired) electrons. The van der Waals surface area contributed by atoms with Gasteiger partial charge in [-0.2, -0.15) is 0 Å². The maximum Gasteiger partial charge on any atom is 0.165 e.